The molecule has 9 heteroatoms. The number of aliphatic carboxylic acids is 1. The Labute approximate surface area is 236 Å². The number of allylic oxidation sites excluding steroid dienone is 2. The van der Waals surface area contributed by atoms with Gasteiger partial charge in [-0.15, -0.1) is 0 Å². The summed E-state index contributed by atoms with van der Waals surface area (Å²) >= 11 is 0. The van der Waals surface area contributed by atoms with E-state index in [9.17, 15) is 23.5 Å². The van der Waals surface area contributed by atoms with E-state index in [2.05, 4.69) is 10.3 Å². The van der Waals surface area contributed by atoms with E-state index >= 15 is 0 Å². The first-order valence-corrected chi connectivity index (χ1v) is 13.2. The Morgan fingerprint density at radius 2 is 1.63 bits per heavy atom. The van der Waals surface area contributed by atoms with Crippen molar-refractivity contribution in [3.63, 3.8) is 0 Å². The largest absolute Gasteiger partial charge is 0.493 e. The monoisotopic (exact) mass is 560 g/mol. The molecule has 0 fully saturated rings. The fraction of sp³-hybridized carbons (Fsp3) is 0.219. The molecule has 212 valence electrons. The zero-order valence-electron chi connectivity index (χ0n) is 22.7. The number of rotatable bonds is 13. The Bertz CT molecular complexity index is 1510. The number of carboxylic acid groups (broad SMARTS) is 1. The van der Waals surface area contributed by atoms with Crippen molar-refractivity contribution in [3.8, 4) is 17.2 Å². The quantitative estimate of drug-likeness (QED) is 0.146. The lowest BCUT2D eigenvalue weighted by Gasteiger charge is -2.18. The molecule has 7 nitrogen and oxygen atoms in total. The molecule has 1 heterocycles. The number of carbonyl (C=O) groups is 2. The third-order valence-electron chi connectivity index (χ3n) is 6.43. The number of nitrogens with one attached hydrogen (secondary N) is 1. The van der Waals surface area contributed by atoms with E-state index in [1.54, 1.807) is 36.4 Å². The number of nitrogens with zero attached hydrogens (tertiary/aromatic N) is 1. The molecular formula is C32H30F2N2O5. The van der Waals surface area contributed by atoms with Crippen LogP contribution in [-0.4, -0.2) is 34.5 Å². The summed E-state index contributed by atoms with van der Waals surface area (Å²) in [4.78, 5) is 29.0. The molecule has 1 unspecified atom stereocenters. The maximum Gasteiger partial charge on any atom is 0.326 e. The highest BCUT2D eigenvalue weighted by atomic mass is 19.1. The van der Waals surface area contributed by atoms with Crippen LogP contribution in [0.4, 0.5) is 8.78 Å². The average molecular weight is 561 g/mol. The Kier molecular flexibility index (Phi) is 9.63. The summed E-state index contributed by atoms with van der Waals surface area (Å²) < 4.78 is 37.9. The van der Waals surface area contributed by atoms with E-state index in [-0.39, 0.29) is 18.0 Å². The van der Waals surface area contributed by atoms with E-state index in [0.717, 1.165) is 11.3 Å². The number of benzene rings is 3. The molecule has 0 saturated heterocycles. The van der Waals surface area contributed by atoms with Gasteiger partial charge in [0, 0.05) is 35.7 Å². The molecule has 0 aliphatic rings. The lowest BCUT2D eigenvalue weighted by atomic mass is 10.0. The zero-order chi connectivity index (χ0) is 29.4. The molecule has 4 rings (SSSR count). The minimum absolute atomic E-state index is 0.183. The van der Waals surface area contributed by atoms with Crippen molar-refractivity contribution in [1.82, 2.24) is 10.3 Å². The summed E-state index contributed by atoms with van der Waals surface area (Å²) in [5.74, 6) is -0.463. The Morgan fingerprint density at radius 1 is 1.00 bits per heavy atom. The Hall–Kier alpha value is -4.79. The molecule has 1 aromatic heterocycles. The van der Waals surface area contributed by atoms with Crippen molar-refractivity contribution < 1.29 is 32.6 Å². The van der Waals surface area contributed by atoms with Crippen LogP contribution in [0.2, 0.25) is 0 Å². The van der Waals surface area contributed by atoms with Crippen molar-refractivity contribution in [2.75, 3.05) is 6.61 Å². The molecule has 1 atom stereocenters. The molecular weight excluding hydrogens is 530 g/mol. The van der Waals surface area contributed by atoms with Gasteiger partial charge in [-0.3, -0.25) is 4.79 Å². The number of ketones is 1. The minimum atomic E-state index is -1.05. The fourth-order valence-electron chi connectivity index (χ4n) is 4.12. The van der Waals surface area contributed by atoms with Gasteiger partial charge in [0.25, 0.3) is 0 Å². The van der Waals surface area contributed by atoms with Crippen LogP contribution in [0, 0.1) is 18.6 Å². The molecule has 0 bridgehead atoms. The highest BCUT2D eigenvalue weighted by Gasteiger charge is 2.19. The van der Waals surface area contributed by atoms with Crippen molar-refractivity contribution in [3.05, 3.63) is 119 Å². The van der Waals surface area contributed by atoms with Crippen LogP contribution in [-0.2, 0) is 17.6 Å². The van der Waals surface area contributed by atoms with Crippen molar-refractivity contribution >= 4 is 11.8 Å². The first-order valence-electron chi connectivity index (χ1n) is 13.2. The average Bonchev–Trinajstić information content (AvgIpc) is 3.33. The van der Waals surface area contributed by atoms with Crippen LogP contribution in [0.15, 0.2) is 89.0 Å². The second-order valence-corrected chi connectivity index (χ2v) is 9.40. The van der Waals surface area contributed by atoms with Gasteiger partial charge in [0.15, 0.2) is 5.78 Å². The van der Waals surface area contributed by atoms with Crippen molar-refractivity contribution in [1.29, 1.82) is 0 Å². The molecule has 0 radical (unpaired) electrons. The number of carboxylic acids is 1. The maximum atomic E-state index is 13.2. The maximum absolute atomic E-state index is 13.2. The number of ether oxygens (including phenoxy) is 1. The first-order chi connectivity index (χ1) is 19.7. The SMILES string of the molecule is CC/C(=C/C(=O)c1ccc(F)cc1)NC(Cc1ccc(OCCc2nc(-c3ccc(F)cc3)oc2C)cc1)C(=O)O. The minimum Gasteiger partial charge on any atom is -0.493 e. The lowest BCUT2D eigenvalue weighted by Crippen LogP contribution is -2.38. The third-order valence-corrected chi connectivity index (χ3v) is 6.43. The van der Waals surface area contributed by atoms with Crippen LogP contribution < -0.4 is 10.1 Å². The van der Waals surface area contributed by atoms with Crippen LogP contribution >= 0.6 is 0 Å². The van der Waals surface area contributed by atoms with Gasteiger partial charge in [-0.2, -0.15) is 0 Å². The van der Waals surface area contributed by atoms with Gasteiger partial charge in [0.2, 0.25) is 5.89 Å². The zero-order valence-corrected chi connectivity index (χ0v) is 22.7. The summed E-state index contributed by atoms with van der Waals surface area (Å²) in [7, 11) is 0. The van der Waals surface area contributed by atoms with Crippen LogP contribution in [0.5, 0.6) is 5.75 Å². The highest BCUT2D eigenvalue weighted by molar-refractivity contribution is 6.04. The molecule has 0 aliphatic heterocycles. The summed E-state index contributed by atoms with van der Waals surface area (Å²) in [5.41, 5.74) is 2.99. The van der Waals surface area contributed by atoms with E-state index in [4.69, 9.17) is 9.15 Å². The second-order valence-electron chi connectivity index (χ2n) is 9.40. The van der Waals surface area contributed by atoms with E-state index in [1.807, 2.05) is 13.8 Å². The number of oxazole rings is 1. The third kappa shape index (κ3) is 8.11. The normalized spacial score (nSPS) is 12.1. The molecule has 2 N–H and O–H groups in total. The topological polar surface area (TPSA) is 102 Å². The van der Waals surface area contributed by atoms with Crippen LogP contribution in [0.3, 0.4) is 0 Å². The summed E-state index contributed by atoms with van der Waals surface area (Å²) in [6.45, 7) is 3.97. The van der Waals surface area contributed by atoms with E-state index < -0.39 is 17.8 Å². The Morgan fingerprint density at radius 3 is 2.24 bits per heavy atom. The van der Waals surface area contributed by atoms with Gasteiger partial charge in [-0.1, -0.05) is 19.1 Å². The lowest BCUT2D eigenvalue weighted by molar-refractivity contribution is -0.139. The predicted molar refractivity (Wildman–Crippen MR) is 150 cm³/mol. The molecule has 0 spiro atoms. The number of aromatic nitrogens is 1. The van der Waals surface area contributed by atoms with Gasteiger partial charge in [0.05, 0.1) is 12.3 Å². The summed E-state index contributed by atoms with van der Waals surface area (Å²) in [6.07, 6.45) is 2.45. The second kappa shape index (κ2) is 13.5. The van der Waals surface area contributed by atoms with E-state index in [1.165, 1.54) is 42.5 Å². The first kappa shape index (κ1) is 29.2. The number of aryl methyl sites for hydroxylation is 1. The number of hydrogen-bond donors (Lipinski definition) is 2. The van der Waals surface area contributed by atoms with Gasteiger partial charge in [0.1, 0.15) is 29.2 Å². The standard InChI is InChI=1S/C32H30F2N2O5/c1-3-26(19-30(37)22-6-10-24(33)11-7-22)35-29(32(38)39)18-21-4-14-27(15-5-21)40-17-16-28-20(2)41-31(36-28)23-8-12-25(34)13-9-23/h4-15,19,29,35H,3,16-18H2,1-2H3,(H,38,39)/b26-19-. The highest BCUT2D eigenvalue weighted by Crippen LogP contribution is 2.23. The fourth-order valence-corrected chi connectivity index (χ4v) is 4.12. The Balaban J connectivity index is 1.32. The van der Waals surface area contributed by atoms with Gasteiger partial charge >= 0.3 is 5.97 Å². The predicted octanol–water partition coefficient (Wildman–Crippen LogP) is 6.31. The van der Waals surface area contributed by atoms with Crippen molar-refractivity contribution in [2.45, 2.75) is 39.2 Å². The molecule has 0 saturated carbocycles. The van der Waals surface area contributed by atoms with Gasteiger partial charge in [-0.25, -0.2) is 18.6 Å². The van der Waals surface area contributed by atoms with Crippen LogP contribution in [0.25, 0.3) is 11.5 Å². The molecule has 0 amide bonds. The number of carbonyl (C=O) groups excluding carboxylic acids is 1. The van der Waals surface area contributed by atoms with Crippen molar-refractivity contribution in [2.24, 2.45) is 0 Å². The molecule has 3 aromatic carbocycles. The van der Waals surface area contributed by atoms with Gasteiger partial charge < -0.3 is 19.6 Å². The molecule has 41 heavy (non-hydrogen) atoms. The van der Waals surface area contributed by atoms with Gasteiger partial charge in [-0.05, 0) is 79.6 Å². The smallest absolute Gasteiger partial charge is 0.326 e. The number of hydrogen-bond acceptors (Lipinski definition) is 6. The molecule has 0 aliphatic carbocycles. The summed E-state index contributed by atoms with van der Waals surface area (Å²) in [5, 5.41) is 12.7. The number of halogens is 2. The molecule has 4 aromatic rings. The van der Waals surface area contributed by atoms with Crippen LogP contribution in [0.1, 0.15) is 40.7 Å². The van der Waals surface area contributed by atoms with E-state index in [0.29, 0.717) is 53.7 Å². The summed E-state index contributed by atoms with van der Waals surface area (Å²) in [6, 6.07) is 17.3.